The highest BCUT2D eigenvalue weighted by atomic mass is 19.4. The molecule has 0 fully saturated rings. The number of benzene rings is 2. The highest BCUT2D eigenvalue weighted by molar-refractivity contribution is 5.89. The van der Waals surface area contributed by atoms with Crippen LogP contribution < -0.4 is 4.74 Å². The van der Waals surface area contributed by atoms with Crippen LogP contribution >= 0.6 is 0 Å². The molecule has 13 heteroatoms. The summed E-state index contributed by atoms with van der Waals surface area (Å²) in [5.74, 6) is -1.89. The van der Waals surface area contributed by atoms with Crippen molar-refractivity contribution in [1.29, 1.82) is 0 Å². The molecule has 0 saturated carbocycles. The number of rotatable bonds is 7. The Morgan fingerprint density at radius 3 is 2.23 bits per heavy atom. The number of nitrogens with zero attached hydrogens (tertiary/aromatic N) is 4. The van der Waals surface area contributed by atoms with Crippen LogP contribution in [0.4, 0.5) is 26.3 Å². The van der Waals surface area contributed by atoms with Gasteiger partial charge in [-0.1, -0.05) is 36.4 Å². The molecule has 2 aromatic carbocycles. The van der Waals surface area contributed by atoms with Crippen molar-refractivity contribution in [2.75, 3.05) is 0 Å². The number of aryl methyl sites for hydroxylation is 2. The largest absolute Gasteiger partial charge is 0.478 e. The van der Waals surface area contributed by atoms with E-state index in [0.29, 0.717) is 22.0 Å². The van der Waals surface area contributed by atoms with Crippen molar-refractivity contribution < 1.29 is 41.0 Å². The summed E-state index contributed by atoms with van der Waals surface area (Å²) in [5, 5.41) is 12.9. The maximum atomic E-state index is 13.8. The second-order valence-corrected chi connectivity index (χ2v) is 9.87. The van der Waals surface area contributed by atoms with Gasteiger partial charge in [-0.05, 0) is 72.0 Å². The molecular formula is C31H22F6N4O3. The first-order valence-electron chi connectivity index (χ1n) is 13.0. The topological polar surface area (TPSA) is 90.1 Å². The number of carboxylic acids is 1. The third kappa shape index (κ3) is 6.26. The molecule has 0 spiro atoms. The highest BCUT2D eigenvalue weighted by Crippen LogP contribution is 2.35. The van der Waals surface area contributed by atoms with E-state index in [2.05, 4.69) is 15.1 Å². The molecule has 0 atom stereocenters. The van der Waals surface area contributed by atoms with E-state index in [9.17, 15) is 36.2 Å². The Balaban J connectivity index is 1.42. The molecule has 0 aliphatic rings. The van der Waals surface area contributed by atoms with Crippen LogP contribution in [-0.4, -0.2) is 30.8 Å². The van der Waals surface area contributed by atoms with Gasteiger partial charge < -0.3 is 9.84 Å². The molecule has 0 saturated heterocycles. The van der Waals surface area contributed by atoms with E-state index in [0.717, 1.165) is 34.4 Å². The van der Waals surface area contributed by atoms with Crippen molar-refractivity contribution in [3.05, 3.63) is 113 Å². The molecule has 0 amide bonds. The molecule has 3 aromatic heterocycles. The lowest BCUT2D eigenvalue weighted by Gasteiger charge is -2.15. The molecule has 0 aliphatic carbocycles. The molecule has 5 rings (SSSR count). The number of ether oxygens (including phenoxy) is 1. The SMILES string of the molecule is Cc1cnc(OCc2ccc(-c3ccc(C(F)(F)F)cc3)cc2C)c(-c2cccc(-n3ncc(C(=O)O)c3C(F)(F)F)n2)c1. The Hall–Kier alpha value is -5.20. The number of alkyl halides is 6. The number of halogens is 6. The highest BCUT2D eigenvalue weighted by Gasteiger charge is 2.41. The smallest absolute Gasteiger partial charge is 0.434 e. The van der Waals surface area contributed by atoms with Gasteiger partial charge in [-0.15, -0.1) is 0 Å². The number of aromatic nitrogens is 4. The van der Waals surface area contributed by atoms with E-state index in [1.54, 1.807) is 37.4 Å². The van der Waals surface area contributed by atoms with Gasteiger partial charge in [0, 0.05) is 6.20 Å². The number of pyridine rings is 2. The van der Waals surface area contributed by atoms with Gasteiger partial charge in [-0.3, -0.25) is 0 Å². The number of aromatic carboxylic acids is 1. The minimum absolute atomic E-state index is 0.0568. The van der Waals surface area contributed by atoms with Crippen LogP contribution in [0.15, 0.2) is 79.1 Å². The van der Waals surface area contributed by atoms with Crippen LogP contribution in [-0.2, 0) is 19.0 Å². The average molecular weight is 613 g/mol. The van der Waals surface area contributed by atoms with E-state index < -0.39 is 35.1 Å². The fraction of sp³-hybridized carbons (Fsp3) is 0.161. The zero-order valence-electron chi connectivity index (χ0n) is 23.0. The first kappa shape index (κ1) is 30.3. The summed E-state index contributed by atoms with van der Waals surface area (Å²) in [7, 11) is 0. The van der Waals surface area contributed by atoms with E-state index in [-0.39, 0.29) is 24.0 Å². The molecule has 0 unspecified atom stereocenters. The van der Waals surface area contributed by atoms with Crippen molar-refractivity contribution in [1.82, 2.24) is 19.7 Å². The molecule has 5 aromatic rings. The average Bonchev–Trinajstić information content (AvgIpc) is 3.44. The van der Waals surface area contributed by atoms with Crippen molar-refractivity contribution >= 4 is 5.97 Å². The van der Waals surface area contributed by atoms with E-state index in [1.807, 2.05) is 13.0 Å². The second-order valence-electron chi connectivity index (χ2n) is 9.87. The van der Waals surface area contributed by atoms with Crippen molar-refractivity contribution in [2.45, 2.75) is 32.8 Å². The van der Waals surface area contributed by atoms with Crippen LogP contribution in [0.25, 0.3) is 28.2 Å². The molecule has 0 aliphatic heterocycles. The first-order chi connectivity index (χ1) is 20.7. The Bertz CT molecular complexity index is 1850. The Morgan fingerprint density at radius 1 is 0.886 bits per heavy atom. The zero-order valence-corrected chi connectivity index (χ0v) is 23.0. The van der Waals surface area contributed by atoms with Crippen LogP contribution in [0.3, 0.4) is 0 Å². The summed E-state index contributed by atoms with van der Waals surface area (Å²) in [5.41, 5.74) is 1.01. The summed E-state index contributed by atoms with van der Waals surface area (Å²) >= 11 is 0. The van der Waals surface area contributed by atoms with Crippen molar-refractivity contribution in [3.63, 3.8) is 0 Å². The summed E-state index contributed by atoms with van der Waals surface area (Å²) < 4.78 is 86.5. The summed E-state index contributed by atoms with van der Waals surface area (Å²) in [4.78, 5) is 20.1. The second kappa shape index (κ2) is 11.5. The molecule has 0 radical (unpaired) electrons. The van der Waals surface area contributed by atoms with Crippen molar-refractivity contribution in [3.8, 4) is 34.1 Å². The molecular weight excluding hydrogens is 590 g/mol. The lowest BCUT2D eigenvalue weighted by Crippen LogP contribution is -2.18. The van der Waals surface area contributed by atoms with Crippen LogP contribution in [0.1, 0.15) is 38.3 Å². The Labute approximate surface area is 246 Å². The van der Waals surface area contributed by atoms with Crippen molar-refractivity contribution in [2.24, 2.45) is 0 Å². The first-order valence-corrected chi connectivity index (χ1v) is 13.0. The summed E-state index contributed by atoms with van der Waals surface area (Å²) in [6.07, 6.45) is -7.27. The lowest BCUT2D eigenvalue weighted by atomic mass is 9.99. The van der Waals surface area contributed by atoms with E-state index >= 15 is 0 Å². The van der Waals surface area contributed by atoms with Crippen LogP contribution in [0.2, 0.25) is 0 Å². The van der Waals surface area contributed by atoms with Gasteiger partial charge >= 0.3 is 18.3 Å². The predicted octanol–water partition coefficient (Wildman–Crippen LogP) is 7.93. The number of carbonyl (C=O) groups is 1. The number of hydrogen-bond donors (Lipinski definition) is 1. The zero-order chi connectivity index (χ0) is 31.8. The standard InChI is InChI=1S/C31H22F6N4O3/c1-17-12-23(25-4-3-5-26(40-25)41-27(31(35,36)37)24(15-39-41)29(42)43)28(38-14-17)44-16-21-7-6-20(13-18(21)2)19-8-10-22(11-9-19)30(32,33)34/h3-15H,16H2,1-2H3,(H,42,43). The fourth-order valence-corrected chi connectivity index (χ4v) is 4.53. The van der Waals surface area contributed by atoms with Gasteiger partial charge in [0.25, 0.3) is 0 Å². The summed E-state index contributed by atoms with van der Waals surface area (Å²) in [6.45, 7) is 3.65. The predicted molar refractivity (Wildman–Crippen MR) is 147 cm³/mol. The van der Waals surface area contributed by atoms with Gasteiger partial charge in [-0.25, -0.2) is 19.4 Å². The Kier molecular flexibility index (Phi) is 7.89. The molecule has 0 bridgehead atoms. The van der Waals surface area contributed by atoms with E-state index in [4.69, 9.17) is 4.74 Å². The third-order valence-electron chi connectivity index (χ3n) is 6.74. The maximum absolute atomic E-state index is 13.8. The molecule has 3 heterocycles. The fourth-order valence-electron chi connectivity index (χ4n) is 4.53. The summed E-state index contributed by atoms with van der Waals surface area (Å²) in [6, 6.07) is 16.2. The molecule has 44 heavy (non-hydrogen) atoms. The van der Waals surface area contributed by atoms with Gasteiger partial charge in [0.15, 0.2) is 11.5 Å². The van der Waals surface area contributed by atoms with Gasteiger partial charge in [0.05, 0.1) is 23.0 Å². The normalized spacial score (nSPS) is 11.9. The molecule has 1 N–H and O–H groups in total. The lowest BCUT2D eigenvalue weighted by molar-refractivity contribution is -0.143. The maximum Gasteiger partial charge on any atom is 0.434 e. The van der Waals surface area contributed by atoms with Gasteiger partial charge in [0.2, 0.25) is 5.88 Å². The molecule has 226 valence electrons. The number of hydrogen-bond acceptors (Lipinski definition) is 5. The van der Waals surface area contributed by atoms with Crippen LogP contribution in [0.5, 0.6) is 5.88 Å². The minimum atomic E-state index is -5.01. The molecule has 7 nitrogen and oxygen atoms in total. The quantitative estimate of drug-likeness (QED) is 0.188. The van der Waals surface area contributed by atoms with Crippen LogP contribution in [0, 0.1) is 13.8 Å². The number of carboxylic acid groups (broad SMARTS) is 1. The van der Waals surface area contributed by atoms with Gasteiger partial charge in [0.1, 0.15) is 12.2 Å². The van der Waals surface area contributed by atoms with E-state index in [1.165, 1.54) is 24.3 Å². The monoisotopic (exact) mass is 612 g/mol. The minimum Gasteiger partial charge on any atom is -0.478 e. The Morgan fingerprint density at radius 2 is 1.59 bits per heavy atom. The third-order valence-corrected chi connectivity index (χ3v) is 6.74. The van der Waals surface area contributed by atoms with Gasteiger partial charge in [-0.2, -0.15) is 31.4 Å².